The Morgan fingerprint density at radius 1 is 1.26 bits per heavy atom. The highest BCUT2D eigenvalue weighted by molar-refractivity contribution is 6.30. The van der Waals surface area contributed by atoms with Crippen LogP contribution in [0.1, 0.15) is 0 Å². The number of H-pyrrole nitrogens is 1. The zero-order valence-corrected chi connectivity index (χ0v) is 15.6. The second-order valence-electron chi connectivity index (χ2n) is 5.91. The van der Waals surface area contributed by atoms with Crippen LogP contribution in [0.25, 0.3) is 22.4 Å². The number of hydrogen-bond acceptors (Lipinski definition) is 6. The number of anilines is 2. The lowest BCUT2D eigenvalue weighted by atomic mass is 10.1. The molecule has 0 aliphatic heterocycles. The summed E-state index contributed by atoms with van der Waals surface area (Å²) in [6.45, 7) is 0. The zero-order chi connectivity index (χ0) is 19.1. The highest BCUT2D eigenvalue weighted by Gasteiger charge is 2.18. The molecule has 0 aliphatic rings. The van der Waals surface area contributed by atoms with E-state index in [1.54, 1.807) is 32.0 Å². The Bertz CT molecular complexity index is 1210. The monoisotopic (exact) mass is 385 g/mol. The average molecular weight is 386 g/mol. The van der Waals surface area contributed by atoms with Gasteiger partial charge in [-0.25, -0.2) is 14.6 Å². The van der Waals surface area contributed by atoms with Crippen LogP contribution in [0.2, 0.25) is 5.15 Å². The van der Waals surface area contributed by atoms with Crippen LogP contribution in [0.5, 0.6) is 5.75 Å². The average Bonchev–Trinajstić information content (AvgIpc) is 3.18. The Morgan fingerprint density at radius 3 is 2.78 bits per heavy atom. The van der Waals surface area contributed by atoms with Crippen molar-refractivity contribution in [2.24, 2.45) is 14.1 Å². The van der Waals surface area contributed by atoms with E-state index in [1.807, 2.05) is 18.2 Å². The molecule has 27 heavy (non-hydrogen) atoms. The van der Waals surface area contributed by atoms with Crippen molar-refractivity contribution < 1.29 is 4.74 Å². The molecule has 0 radical (unpaired) electrons. The van der Waals surface area contributed by atoms with Crippen LogP contribution >= 0.6 is 11.6 Å². The number of methoxy groups -OCH3 is 1. The van der Waals surface area contributed by atoms with Crippen molar-refractivity contribution in [1.29, 1.82) is 0 Å². The number of ether oxygens (including phenoxy) is 1. The van der Waals surface area contributed by atoms with Gasteiger partial charge in [-0.3, -0.25) is 14.6 Å². The van der Waals surface area contributed by atoms with Gasteiger partial charge in [-0.05, 0) is 18.2 Å². The number of nitrogens with one attached hydrogen (secondary N) is 2. The van der Waals surface area contributed by atoms with E-state index in [4.69, 9.17) is 16.3 Å². The van der Waals surface area contributed by atoms with Gasteiger partial charge in [-0.2, -0.15) is 5.10 Å². The number of pyridine rings is 1. The molecule has 138 valence electrons. The van der Waals surface area contributed by atoms with Crippen molar-refractivity contribution in [1.82, 2.24) is 29.5 Å². The SMILES string of the molecule is COc1c(Nc2cc(Cl)nc3[nH]n(C)c(=O)c23)cccc1-c1ncnn1C. The predicted molar refractivity (Wildman–Crippen MR) is 103 cm³/mol. The van der Waals surface area contributed by atoms with Crippen LogP contribution in [0, 0.1) is 0 Å². The molecule has 9 nitrogen and oxygen atoms in total. The van der Waals surface area contributed by atoms with Gasteiger partial charge < -0.3 is 10.1 Å². The third kappa shape index (κ3) is 2.81. The summed E-state index contributed by atoms with van der Waals surface area (Å²) in [4.78, 5) is 20.9. The number of hydrogen-bond donors (Lipinski definition) is 2. The van der Waals surface area contributed by atoms with E-state index in [9.17, 15) is 4.79 Å². The third-order valence-electron chi connectivity index (χ3n) is 4.22. The van der Waals surface area contributed by atoms with E-state index in [-0.39, 0.29) is 10.7 Å². The predicted octanol–water partition coefficient (Wildman–Crippen LogP) is 2.46. The highest BCUT2D eigenvalue weighted by atomic mass is 35.5. The molecule has 2 N–H and O–H groups in total. The molecule has 0 atom stereocenters. The van der Waals surface area contributed by atoms with Gasteiger partial charge in [0.15, 0.2) is 17.2 Å². The number of rotatable bonds is 4. The first-order valence-corrected chi connectivity index (χ1v) is 8.41. The maximum atomic E-state index is 12.5. The molecule has 0 bridgehead atoms. The number of aromatic nitrogens is 6. The van der Waals surface area contributed by atoms with Crippen LogP contribution in [0.4, 0.5) is 11.4 Å². The number of benzene rings is 1. The summed E-state index contributed by atoms with van der Waals surface area (Å²) in [5.41, 5.74) is 2.15. The van der Waals surface area contributed by atoms with Crippen molar-refractivity contribution in [3.8, 4) is 17.1 Å². The molecule has 10 heteroatoms. The van der Waals surface area contributed by atoms with Crippen molar-refractivity contribution in [3.05, 3.63) is 46.1 Å². The standard InChI is InChI=1S/C17H16ClN7O2/c1-24-16(19-8-20-24)9-5-4-6-10(14(9)27-3)21-11-7-12(18)22-15-13(11)17(26)25(2)23-15/h4-8H,1-3H3,(H2,21,22,23). The molecule has 3 heterocycles. The number of aromatic amines is 1. The molecule has 0 spiro atoms. The minimum atomic E-state index is -0.208. The lowest BCUT2D eigenvalue weighted by Gasteiger charge is -2.15. The highest BCUT2D eigenvalue weighted by Crippen LogP contribution is 2.37. The van der Waals surface area contributed by atoms with E-state index < -0.39 is 0 Å². The Labute approximate surface area is 158 Å². The number of aryl methyl sites for hydroxylation is 2. The maximum absolute atomic E-state index is 12.5. The van der Waals surface area contributed by atoms with Crippen LogP contribution in [-0.2, 0) is 14.1 Å². The lowest BCUT2D eigenvalue weighted by molar-refractivity contribution is 0.418. The topological polar surface area (TPSA) is 103 Å². The van der Waals surface area contributed by atoms with Crippen LogP contribution in [0.15, 0.2) is 35.4 Å². The number of para-hydroxylation sites is 1. The van der Waals surface area contributed by atoms with Crippen LogP contribution in [0.3, 0.4) is 0 Å². The Balaban J connectivity index is 1.88. The second-order valence-corrected chi connectivity index (χ2v) is 6.30. The summed E-state index contributed by atoms with van der Waals surface area (Å²) in [5, 5.41) is 10.9. The summed E-state index contributed by atoms with van der Waals surface area (Å²) in [5.74, 6) is 1.23. The summed E-state index contributed by atoms with van der Waals surface area (Å²) in [6, 6.07) is 7.20. The molecular weight excluding hydrogens is 370 g/mol. The number of halogens is 1. The van der Waals surface area contributed by atoms with E-state index >= 15 is 0 Å². The molecule has 4 rings (SSSR count). The molecule has 0 unspecified atom stereocenters. The number of fused-ring (bicyclic) bond motifs is 1. The molecule has 0 saturated heterocycles. The fourth-order valence-electron chi connectivity index (χ4n) is 3.00. The van der Waals surface area contributed by atoms with Crippen molar-refractivity contribution in [2.45, 2.75) is 0 Å². The van der Waals surface area contributed by atoms with Crippen LogP contribution in [-0.4, -0.2) is 36.6 Å². The quantitative estimate of drug-likeness (QED) is 0.523. The van der Waals surface area contributed by atoms with Gasteiger partial charge in [0.25, 0.3) is 5.56 Å². The molecule has 1 aromatic carbocycles. The summed E-state index contributed by atoms with van der Waals surface area (Å²) in [7, 11) is 5.00. The van der Waals surface area contributed by atoms with Gasteiger partial charge in [-0.1, -0.05) is 17.7 Å². The maximum Gasteiger partial charge on any atom is 0.277 e. The largest absolute Gasteiger partial charge is 0.494 e. The lowest BCUT2D eigenvalue weighted by Crippen LogP contribution is -2.12. The second kappa shape index (κ2) is 6.44. The molecule has 4 aromatic rings. The van der Waals surface area contributed by atoms with E-state index in [2.05, 4.69) is 25.5 Å². The first-order chi connectivity index (χ1) is 13.0. The first kappa shape index (κ1) is 17.1. The van der Waals surface area contributed by atoms with Gasteiger partial charge in [0.1, 0.15) is 16.9 Å². The van der Waals surface area contributed by atoms with E-state index in [0.717, 1.165) is 5.56 Å². The molecule has 0 saturated carbocycles. The minimum absolute atomic E-state index is 0.208. The Kier molecular flexibility index (Phi) is 4.08. The zero-order valence-electron chi connectivity index (χ0n) is 14.8. The first-order valence-electron chi connectivity index (χ1n) is 8.03. The third-order valence-corrected chi connectivity index (χ3v) is 4.41. The molecule has 0 amide bonds. The minimum Gasteiger partial charge on any atom is -0.494 e. The Morgan fingerprint density at radius 2 is 2.07 bits per heavy atom. The normalized spacial score (nSPS) is 11.1. The number of nitrogens with zero attached hydrogens (tertiary/aromatic N) is 5. The molecule has 3 aromatic heterocycles. The molecule has 0 aliphatic carbocycles. The van der Waals surface area contributed by atoms with Gasteiger partial charge in [0.05, 0.1) is 24.0 Å². The van der Waals surface area contributed by atoms with Gasteiger partial charge in [0.2, 0.25) is 0 Å². The van der Waals surface area contributed by atoms with Gasteiger partial charge in [0, 0.05) is 14.1 Å². The fourth-order valence-corrected chi connectivity index (χ4v) is 3.20. The summed E-state index contributed by atoms with van der Waals surface area (Å²) < 4.78 is 8.63. The van der Waals surface area contributed by atoms with Crippen LogP contribution < -0.4 is 15.6 Å². The van der Waals surface area contributed by atoms with E-state index in [0.29, 0.717) is 34.0 Å². The van der Waals surface area contributed by atoms with Crippen molar-refractivity contribution in [3.63, 3.8) is 0 Å². The van der Waals surface area contributed by atoms with Gasteiger partial charge >= 0.3 is 0 Å². The van der Waals surface area contributed by atoms with Crippen molar-refractivity contribution in [2.75, 3.05) is 12.4 Å². The summed E-state index contributed by atoms with van der Waals surface area (Å²) in [6.07, 6.45) is 1.48. The van der Waals surface area contributed by atoms with E-state index in [1.165, 1.54) is 11.0 Å². The molecule has 0 fully saturated rings. The fraction of sp³-hybridized carbons (Fsp3) is 0.176. The smallest absolute Gasteiger partial charge is 0.277 e. The Hall–Kier alpha value is -3.33. The molecular formula is C17H16ClN7O2. The van der Waals surface area contributed by atoms with Crippen molar-refractivity contribution >= 4 is 34.0 Å². The van der Waals surface area contributed by atoms with Gasteiger partial charge in [-0.15, -0.1) is 0 Å². The summed E-state index contributed by atoms with van der Waals surface area (Å²) >= 11 is 6.12.